The van der Waals surface area contributed by atoms with Gasteiger partial charge in [0.25, 0.3) is 0 Å². The van der Waals surface area contributed by atoms with E-state index in [1.165, 1.54) is 12.3 Å². The molecule has 1 heterocycles. The van der Waals surface area contributed by atoms with Gasteiger partial charge in [-0.05, 0) is 31.0 Å². The number of hydrogen-bond acceptors (Lipinski definition) is 4. The molecule has 0 aliphatic carbocycles. The van der Waals surface area contributed by atoms with Gasteiger partial charge in [-0.1, -0.05) is 30.3 Å². The fourth-order valence-electron chi connectivity index (χ4n) is 2.03. The quantitative estimate of drug-likeness (QED) is 0.856. The van der Waals surface area contributed by atoms with Crippen molar-refractivity contribution in [2.24, 2.45) is 0 Å². The summed E-state index contributed by atoms with van der Waals surface area (Å²) in [4.78, 5) is 4.19. The third-order valence-electron chi connectivity index (χ3n) is 3.04. The molecule has 21 heavy (non-hydrogen) atoms. The SMILES string of the molecule is CNc1ccc(S(=O)(=O)NC(C)Cc2ccccc2)cn1. The van der Waals surface area contributed by atoms with Crippen molar-refractivity contribution < 1.29 is 8.42 Å². The number of benzene rings is 1. The first-order chi connectivity index (χ1) is 10.0. The summed E-state index contributed by atoms with van der Waals surface area (Å²) in [6.45, 7) is 1.85. The highest BCUT2D eigenvalue weighted by Gasteiger charge is 2.17. The Kier molecular flexibility index (Phi) is 4.93. The molecule has 0 radical (unpaired) electrons. The van der Waals surface area contributed by atoms with Crippen LogP contribution in [0.1, 0.15) is 12.5 Å². The normalized spacial score (nSPS) is 12.9. The lowest BCUT2D eigenvalue weighted by Crippen LogP contribution is -2.34. The summed E-state index contributed by atoms with van der Waals surface area (Å²) in [5.41, 5.74) is 1.09. The van der Waals surface area contributed by atoms with E-state index in [1.807, 2.05) is 37.3 Å². The standard InChI is InChI=1S/C15H19N3O2S/c1-12(10-13-6-4-3-5-7-13)18-21(19,20)14-8-9-15(16-2)17-11-14/h3-9,11-12,18H,10H2,1-2H3,(H,16,17). The highest BCUT2D eigenvalue weighted by atomic mass is 32.2. The Morgan fingerprint density at radius 2 is 1.86 bits per heavy atom. The fourth-order valence-corrected chi connectivity index (χ4v) is 3.22. The van der Waals surface area contributed by atoms with Crippen LogP contribution in [0.25, 0.3) is 0 Å². The molecule has 0 bridgehead atoms. The van der Waals surface area contributed by atoms with Gasteiger partial charge in [-0.2, -0.15) is 0 Å². The minimum absolute atomic E-state index is 0.168. The second kappa shape index (κ2) is 6.69. The zero-order chi connectivity index (χ0) is 15.3. The lowest BCUT2D eigenvalue weighted by molar-refractivity contribution is 0.559. The van der Waals surface area contributed by atoms with E-state index in [4.69, 9.17) is 0 Å². The van der Waals surface area contributed by atoms with E-state index in [0.717, 1.165) is 5.56 Å². The minimum Gasteiger partial charge on any atom is -0.373 e. The molecule has 1 atom stereocenters. The first-order valence-corrected chi connectivity index (χ1v) is 8.19. The number of nitrogens with zero attached hydrogens (tertiary/aromatic N) is 1. The van der Waals surface area contributed by atoms with Crippen molar-refractivity contribution in [3.05, 3.63) is 54.2 Å². The van der Waals surface area contributed by atoms with Crippen LogP contribution in [0.4, 0.5) is 5.82 Å². The van der Waals surface area contributed by atoms with Gasteiger partial charge in [0.1, 0.15) is 10.7 Å². The Hall–Kier alpha value is -1.92. The van der Waals surface area contributed by atoms with Crippen molar-refractivity contribution in [3.8, 4) is 0 Å². The molecule has 0 fully saturated rings. The van der Waals surface area contributed by atoms with E-state index in [9.17, 15) is 8.42 Å². The predicted molar refractivity (Wildman–Crippen MR) is 83.7 cm³/mol. The van der Waals surface area contributed by atoms with Crippen LogP contribution in [-0.2, 0) is 16.4 Å². The molecule has 0 amide bonds. The van der Waals surface area contributed by atoms with Crippen molar-refractivity contribution in [1.29, 1.82) is 0 Å². The molecule has 1 unspecified atom stereocenters. The number of hydrogen-bond donors (Lipinski definition) is 2. The number of aromatic nitrogens is 1. The van der Waals surface area contributed by atoms with Crippen molar-refractivity contribution in [1.82, 2.24) is 9.71 Å². The number of pyridine rings is 1. The van der Waals surface area contributed by atoms with E-state index in [2.05, 4.69) is 15.0 Å². The first-order valence-electron chi connectivity index (χ1n) is 6.71. The molecule has 1 aromatic heterocycles. The van der Waals surface area contributed by atoms with E-state index in [1.54, 1.807) is 13.1 Å². The maximum Gasteiger partial charge on any atom is 0.242 e. The van der Waals surface area contributed by atoms with Crippen LogP contribution in [0, 0.1) is 0 Å². The summed E-state index contributed by atoms with van der Waals surface area (Å²) < 4.78 is 27.2. The number of nitrogens with one attached hydrogen (secondary N) is 2. The van der Waals surface area contributed by atoms with Crippen LogP contribution in [0.2, 0.25) is 0 Å². The third kappa shape index (κ3) is 4.27. The van der Waals surface area contributed by atoms with Crippen molar-refractivity contribution in [3.63, 3.8) is 0 Å². The Labute approximate surface area is 125 Å². The van der Waals surface area contributed by atoms with Crippen LogP contribution in [0.5, 0.6) is 0 Å². The number of anilines is 1. The lowest BCUT2D eigenvalue weighted by atomic mass is 10.1. The van der Waals surface area contributed by atoms with Crippen molar-refractivity contribution in [2.75, 3.05) is 12.4 Å². The van der Waals surface area contributed by atoms with Gasteiger partial charge in [-0.25, -0.2) is 18.1 Å². The predicted octanol–water partition coefficient (Wildman–Crippen LogP) is 2.03. The average Bonchev–Trinajstić information content (AvgIpc) is 2.47. The molecule has 2 rings (SSSR count). The molecular weight excluding hydrogens is 286 g/mol. The van der Waals surface area contributed by atoms with Gasteiger partial charge in [0.2, 0.25) is 10.0 Å². The molecule has 5 nitrogen and oxygen atoms in total. The molecule has 2 N–H and O–H groups in total. The smallest absolute Gasteiger partial charge is 0.242 e. The first kappa shape index (κ1) is 15.5. The van der Waals surface area contributed by atoms with E-state index in [0.29, 0.717) is 12.2 Å². The Bertz CT molecular complexity index is 670. The van der Waals surface area contributed by atoms with Gasteiger partial charge in [0.15, 0.2) is 0 Å². The molecule has 2 aromatic rings. The third-order valence-corrected chi connectivity index (χ3v) is 4.62. The van der Waals surface area contributed by atoms with Crippen molar-refractivity contribution in [2.45, 2.75) is 24.3 Å². The van der Waals surface area contributed by atoms with Crippen LogP contribution < -0.4 is 10.0 Å². The minimum atomic E-state index is -3.54. The van der Waals surface area contributed by atoms with Crippen LogP contribution in [0.3, 0.4) is 0 Å². The van der Waals surface area contributed by atoms with Crippen LogP contribution >= 0.6 is 0 Å². The second-order valence-electron chi connectivity index (χ2n) is 4.84. The van der Waals surface area contributed by atoms with Crippen LogP contribution in [0.15, 0.2) is 53.6 Å². The van der Waals surface area contributed by atoms with E-state index >= 15 is 0 Å². The van der Waals surface area contributed by atoms with Gasteiger partial charge in [-0.3, -0.25) is 0 Å². The van der Waals surface area contributed by atoms with E-state index in [-0.39, 0.29) is 10.9 Å². The summed E-state index contributed by atoms with van der Waals surface area (Å²) in [6, 6.07) is 12.8. The Balaban J connectivity index is 2.05. The molecule has 0 saturated carbocycles. The highest BCUT2D eigenvalue weighted by Crippen LogP contribution is 2.12. The molecule has 1 aromatic carbocycles. The fraction of sp³-hybridized carbons (Fsp3) is 0.267. The number of sulfonamides is 1. The number of rotatable bonds is 6. The second-order valence-corrected chi connectivity index (χ2v) is 6.56. The van der Waals surface area contributed by atoms with Gasteiger partial charge in [-0.15, -0.1) is 0 Å². The summed E-state index contributed by atoms with van der Waals surface area (Å²) in [6.07, 6.45) is 1.99. The summed E-state index contributed by atoms with van der Waals surface area (Å²) in [5.74, 6) is 0.631. The summed E-state index contributed by atoms with van der Waals surface area (Å²) in [7, 11) is -1.81. The molecule has 0 spiro atoms. The zero-order valence-electron chi connectivity index (χ0n) is 12.1. The molecular formula is C15H19N3O2S. The lowest BCUT2D eigenvalue weighted by Gasteiger charge is -2.14. The van der Waals surface area contributed by atoms with E-state index < -0.39 is 10.0 Å². The van der Waals surface area contributed by atoms with Crippen LogP contribution in [-0.4, -0.2) is 26.5 Å². The average molecular weight is 305 g/mol. The van der Waals surface area contributed by atoms with Gasteiger partial charge >= 0.3 is 0 Å². The molecule has 6 heteroatoms. The zero-order valence-corrected chi connectivity index (χ0v) is 12.9. The van der Waals surface area contributed by atoms with Crippen molar-refractivity contribution >= 4 is 15.8 Å². The Morgan fingerprint density at radius 1 is 1.14 bits per heavy atom. The molecule has 0 aliphatic rings. The van der Waals surface area contributed by atoms with Gasteiger partial charge in [0, 0.05) is 19.3 Å². The molecule has 112 valence electrons. The maximum absolute atomic E-state index is 12.3. The molecule has 0 aliphatic heterocycles. The van der Waals surface area contributed by atoms with Gasteiger partial charge < -0.3 is 5.32 Å². The summed E-state index contributed by atoms with van der Waals surface area (Å²) in [5, 5.41) is 2.85. The maximum atomic E-state index is 12.3. The topological polar surface area (TPSA) is 71.1 Å². The highest BCUT2D eigenvalue weighted by molar-refractivity contribution is 7.89. The largest absolute Gasteiger partial charge is 0.373 e. The Morgan fingerprint density at radius 3 is 2.43 bits per heavy atom. The molecule has 0 saturated heterocycles. The monoisotopic (exact) mass is 305 g/mol. The van der Waals surface area contributed by atoms with Gasteiger partial charge in [0.05, 0.1) is 0 Å². The summed E-state index contributed by atoms with van der Waals surface area (Å²) >= 11 is 0.